The molecule has 7 nitrogen and oxygen atoms in total. The molecule has 0 saturated heterocycles. The highest BCUT2D eigenvalue weighted by Gasteiger charge is 2.16. The van der Waals surface area contributed by atoms with E-state index < -0.39 is 0 Å². The van der Waals surface area contributed by atoms with Crippen molar-refractivity contribution in [3.05, 3.63) is 29.5 Å². The first-order valence-electron chi connectivity index (χ1n) is 11.0. The van der Waals surface area contributed by atoms with Crippen molar-refractivity contribution < 1.29 is 14.2 Å². The second kappa shape index (κ2) is 12.8. The van der Waals surface area contributed by atoms with Crippen LogP contribution in [0.4, 0.5) is 11.8 Å². The van der Waals surface area contributed by atoms with Crippen LogP contribution in [0.3, 0.4) is 0 Å². The van der Waals surface area contributed by atoms with Gasteiger partial charge in [-0.05, 0) is 38.0 Å². The molecule has 0 saturated carbocycles. The van der Waals surface area contributed by atoms with Crippen LogP contribution >= 0.6 is 0 Å². The van der Waals surface area contributed by atoms with Gasteiger partial charge in [0.25, 0.3) is 0 Å². The molecule has 0 unspecified atom stereocenters. The summed E-state index contributed by atoms with van der Waals surface area (Å²) in [4.78, 5) is 8.09. The van der Waals surface area contributed by atoms with Crippen LogP contribution in [0.15, 0.2) is 18.3 Å². The van der Waals surface area contributed by atoms with Crippen LogP contribution in [-0.4, -0.2) is 29.8 Å². The molecule has 0 aliphatic rings. The molecule has 4 N–H and O–H groups in total. The standard InChI is InChI=1S/C23H36N4O3/c1-4-7-8-9-10-11-12-30-21-19(28-5-2)14-17(15-20(21)29-6-3)13-18-16-26-23(25)27-22(18)24/h14-16H,4-13H2,1-3H3,(H4,24,25,26,27). The zero-order valence-corrected chi connectivity index (χ0v) is 18.6. The molecule has 0 atom stereocenters. The monoisotopic (exact) mass is 416 g/mol. The maximum Gasteiger partial charge on any atom is 0.221 e. The Hall–Kier alpha value is -2.70. The van der Waals surface area contributed by atoms with E-state index in [1.807, 2.05) is 26.0 Å². The third-order valence-electron chi connectivity index (χ3n) is 4.74. The van der Waals surface area contributed by atoms with E-state index in [0.717, 1.165) is 17.5 Å². The van der Waals surface area contributed by atoms with Crippen molar-refractivity contribution in [3.63, 3.8) is 0 Å². The zero-order chi connectivity index (χ0) is 21.8. The summed E-state index contributed by atoms with van der Waals surface area (Å²) in [5.41, 5.74) is 13.4. The third-order valence-corrected chi connectivity index (χ3v) is 4.74. The van der Waals surface area contributed by atoms with E-state index in [4.69, 9.17) is 25.7 Å². The lowest BCUT2D eigenvalue weighted by molar-refractivity contribution is 0.246. The first kappa shape index (κ1) is 23.6. The molecule has 1 heterocycles. The first-order chi connectivity index (χ1) is 14.6. The zero-order valence-electron chi connectivity index (χ0n) is 18.6. The SMILES string of the molecule is CCCCCCCCOc1c(OCC)cc(Cc2cnc(N)nc2N)cc1OCC. The van der Waals surface area contributed by atoms with Gasteiger partial charge in [0.1, 0.15) is 5.82 Å². The molecule has 2 rings (SSSR count). The highest BCUT2D eigenvalue weighted by atomic mass is 16.5. The lowest BCUT2D eigenvalue weighted by atomic mass is 10.1. The van der Waals surface area contributed by atoms with Gasteiger partial charge in [0.05, 0.1) is 19.8 Å². The van der Waals surface area contributed by atoms with Gasteiger partial charge in [0.15, 0.2) is 11.5 Å². The van der Waals surface area contributed by atoms with Crippen LogP contribution in [0.25, 0.3) is 0 Å². The number of rotatable bonds is 14. The summed E-state index contributed by atoms with van der Waals surface area (Å²) in [6, 6.07) is 3.94. The highest BCUT2D eigenvalue weighted by Crippen LogP contribution is 2.40. The number of aromatic nitrogens is 2. The summed E-state index contributed by atoms with van der Waals surface area (Å²) in [5.74, 6) is 2.57. The van der Waals surface area contributed by atoms with Crippen LogP contribution in [0, 0.1) is 0 Å². The van der Waals surface area contributed by atoms with Crippen molar-refractivity contribution >= 4 is 11.8 Å². The lowest BCUT2D eigenvalue weighted by Gasteiger charge is -2.18. The predicted molar refractivity (Wildman–Crippen MR) is 121 cm³/mol. The van der Waals surface area contributed by atoms with Crippen molar-refractivity contribution in [2.24, 2.45) is 0 Å². The number of hydrogen-bond donors (Lipinski definition) is 2. The molecule has 30 heavy (non-hydrogen) atoms. The van der Waals surface area contributed by atoms with Crippen LogP contribution < -0.4 is 25.7 Å². The number of benzene rings is 1. The Kier molecular flexibility index (Phi) is 10.0. The van der Waals surface area contributed by atoms with Crippen molar-refractivity contribution in [1.29, 1.82) is 0 Å². The minimum absolute atomic E-state index is 0.166. The Morgan fingerprint density at radius 3 is 2.07 bits per heavy atom. The molecule has 1 aromatic carbocycles. The van der Waals surface area contributed by atoms with Gasteiger partial charge in [-0.25, -0.2) is 4.98 Å². The Labute approximate surface area is 180 Å². The van der Waals surface area contributed by atoms with E-state index in [2.05, 4.69) is 16.9 Å². The molecule has 1 aromatic heterocycles. The van der Waals surface area contributed by atoms with Gasteiger partial charge in [-0.1, -0.05) is 39.0 Å². The fourth-order valence-electron chi connectivity index (χ4n) is 3.25. The summed E-state index contributed by atoms with van der Waals surface area (Å²) in [6.45, 7) is 7.86. The van der Waals surface area contributed by atoms with Gasteiger partial charge >= 0.3 is 0 Å². The third kappa shape index (κ3) is 7.28. The Morgan fingerprint density at radius 1 is 0.833 bits per heavy atom. The summed E-state index contributed by atoms with van der Waals surface area (Å²) in [7, 11) is 0. The Morgan fingerprint density at radius 2 is 1.47 bits per heavy atom. The van der Waals surface area contributed by atoms with Crippen molar-refractivity contribution in [2.75, 3.05) is 31.3 Å². The van der Waals surface area contributed by atoms with Gasteiger partial charge in [-0.15, -0.1) is 0 Å². The number of nitrogens with two attached hydrogens (primary N) is 2. The number of nitrogen functional groups attached to an aromatic ring is 2. The summed E-state index contributed by atoms with van der Waals surface area (Å²) in [5, 5.41) is 0. The fraction of sp³-hybridized carbons (Fsp3) is 0.565. The van der Waals surface area contributed by atoms with E-state index >= 15 is 0 Å². The maximum absolute atomic E-state index is 6.11. The number of ether oxygens (including phenoxy) is 3. The maximum atomic E-state index is 6.11. The molecule has 0 aliphatic heterocycles. The summed E-state index contributed by atoms with van der Waals surface area (Å²) >= 11 is 0. The molecule has 0 bridgehead atoms. The second-order valence-corrected chi connectivity index (χ2v) is 7.22. The molecule has 0 fully saturated rings. The lowest BCUT2D eigenvalue weighted by Crippen LogP contribution is -2.07. The first-order valence-corrected chi connectivity index (χ1v) is 11.0. The van der Waals surface area contributed by atoms with Crippen molar-refractivity contribution in [3.8, 4) is 17.2 Å². The number of unbranched alkanes of at least 4 members (excludes halogenated alkanes) is 5. The quantitative estimate of drug-likeness (QED) is 0.427. The van der Waals surface area contributed by atoms with Crippen LogP contribution in [0.1, 0.15) is 70.4 Å². The molecular formula is C23H36N4O3. The molecule has 2 aromatic rings. The van der Waals surface area contributed by atoms with Crippen LogP contribution in [0.5, 0.6) is 17.2 Å². The highest BCUT2D eigenvalue weighted by molar-refractivity contribution is 5.55. The minimum atomic E-state index is 0.166. The molecule has 0 radical (unpaired) electrons. The van der Waals surface area contributed by atoms with Gasteiger partial charge in [-0.2, -0.15) is 4.98 Å². The Balaban J connectivity index is 2.15. The second-order valence-electron chi connectivity index (χ2n) is 7.22. The molecule has 166 valence electrons. The van der Waals surface area contributed by atoms with Gasteiger partial charge in [0, 0.05) is 18.2 Å². The van der Waals surface area contributed by atoms with Crippen LogP contribution in [-0.2, 0) is 6.42 Å². The normalized spacial score (nSPS) is 10.8. The van der Waals surface area contributed by atoms with Crippen LogP contribution in [0.2, 0.25) is 0 Å². The Bertz CT molecular complexity index is 756. The topological polar surface area (TPSA) is 106 Å². The van der Waals surface area contributed by atoms with E-state index in [1.54, 1.807) is 6.20 Å². The molecule has 0 spiro atoms. The number of nitrogens with zero attached hydrogens (tertiary/aromatic N) is 2. The largest absolute Gasteiger partial charge is 0.490 e. The average molecular weight is 417 g/mol. The van der Waals surface area contributed by atoms with Gasteiger partial charge < -0.3 is 25.7 Å². The average Bonchev–Trinajstić information content (AvgIpc) is 2.71. The van der Waals surface area contributed by atoms with E-state index in [1.165, 1.54) is 32.1 Å². The van der Waals surface area contributed by atoms with Crippen molar-refractivity contribution in [2.45, 2.75) is 65.7 Å². The van der Waals surface area contributed by atoms with Crippen molar-refractivity contribution in [1.82, 2.24) is 9.97 Å². The predicted octanol–water partition coefficient (Wildman–Crippen LogP) is 4.77. The molecule has 7 heteroatoms. The minimum Gasteiger partial charge on any atom is -0.490 e. The molecule has 0 aliphatic carbocycles. The van der Waals surface area contributed by atoms with E-state index in [0.29, 0.717) is 49.3 Å². The number of anilines is 2. The molecule has 0 amide bonds. The molecular weight excluding hydrogens is 380 g/mol. The smallest absolute Gasteiger partial charge is 0.221 e. The summed E-state index contributed by atoms with van der Waals surface area (Å²) in [6.07, 6.45) is 9.48. The fourth-order valence-corrected chi connectivity index (χ4v) is 3.25. The summed E-state index contributed by atoms with van der Waals surface area (Å²) < 4.78 is 17.9. The van der Waals surface area contributed by atoms with Gasteiger partial charge in [0.2, 0.25) is 11.7 Å². The van der Waals surface area contributed by atoms with E-state index in [9.17, 15) is 0 Å². The van der Waals surface area contributed by atoms with E-state index in [-0.39, 0.29) is 5.95 Å². The van der Waals surface area contributed by atoms with Gasteiger partial charge in [-0.3, -0.25) is 0 Å². The number of hydrogen-bond acceptors (Lipinski definition) is 7.